The van der Waals surface area contributed by atoms with E-state index in [1.165, 1.54) is 6.20 Å². The number of H-pyrrole nitrogens is 1. The molecule has 2 N–H and O–H groups in total. The molecule has 7 heteroatoms. The lowest BCUT2D eigenvalue weighted by atomic mass is 10.0. The van der Waals surface area contributed by atoms with Gasteiger partial charge in [0.15, 0.2) is 5.66 Å². The van der Waals surface area contributed by atoms with Gasteiger partial charge in [0, 0.05) is 31.4 Å². The van der Waals surface area contributed by atoms with E-state index >= 15 is 0 Å². The van der Waals surface area contributed by atoms with Gasteiger partial charge in [0.1, 0.15) is 0 Å². The second-order valence-electron chi connectivity index (χ2n) is 5.37. The lowest BCUT2D eigenvalue weighted by Gasteiger charge is -2.10. The van der Waals surface area contributed by atoms with E-state index in [0.29, 0.717) is 42.4 Å². The van der Waals surface area contributed by atoms with Crippen molar-refractivity contribution in [1.82, 2.24) is 15.3 Å². The van der Waals surface area contributed by atoms with E-state index in [2.05, 4.69) is 31.4 Å². The standard InChI is InChI=1S/C16H15N5O2/c1-2-3-6-16(20-21-16)7-8-17-15(23)11-4-5-12-13(9-11)19-14(22)10-18-12/h1,4-5,9-10H,3,6-8H2,(H,17,23)(H,19,22). The highest BCUT2D eigenvalue weighted by Crippen LogP contribution is 2.36. The zero-order valence-corrected chi connectivity index (χ0v) is 12.4. The zero-order valence-electron chi connectivity index (χ0n) is 12.4. The summed E-state index contributed by atoms with van der Waals surface area (Å²) in [6.07, 6.45) is 8.41. The summed E-state index contributed by atoms with van der Waals surface area (Å²) >= 11 is 0. The number of fused-ring (bicyclic) bond motifs is 1. The van der Waals surface area contributed by atoms with Crippen LogP contribution in [0.2, 0.25) is 0 Å². The molecular weight excluding hydrogens is 294 g/mol. The second kappa shape index (κ2) is 6.01. The number of terminal acetylenes is 1. The number of rotatable bonds is 6. The molecule has 1 aliphatic rings. The summed E-state index contributed by atoms with van der Waals surface area (Å²) in [5, 5.41) is 10.9. The van der Waals surface area contributed by atoms with Crippen LogP contribution in [0.25, 0.3) is 11.0 Å². The minimum Gasteiger partial charge on any atom is -0.352 e. The van der Waals surface area contributed by atoms with E-state index in [1.807, 2.05) is 0 Å². The Morgan fingerprint density at radius 3 is 2.91 bits per heavy atom. The summed E-state index contributed by atoms with van der Waals surface area (Å²) in [4.78, 5) is 30.1. The number of aromatic amines is 1. The van der Waals surface area contributed by atoms with E-state index in [1.54, 1.807) is 18.2 Å². The number of hydrogen-bond donors (Lipinski definition) is 2. The highest BCUT2D eigenvalue weighted by Gasteiger charge is 2.38. The average molecular weight is 309 g/mol. The van der Waals surface area contributed by atoms with Crippen LogP contribution < -0.4 is 10.9 Å². The fourth-order valence-electron chi connectivity index (χ4n) is 2.33. The van der Waals surface area contributed by atoms with Gasteiger partial charge in [-0.3, -0.25) is 9.59 Å². The molecule has 0 aliphatic carbocycles. The first kappa shape index (κ1) is 14.9. The van der Waals surface area contributed by atoms with Crippen molar-refractivity contribution < 1.29 is 4.79 Å². The SMILES string of the molecule is C#CCCC1(CCNC(=O)c2ccc3ncc(=O)[nH]c3c2)N=N1. The number of hydrogen-bond acceptors (Lipinski definition) is 5. The van der Waals surface area contributed by atoms with E-state index in [0.717, 1.165) is 0 Å². The van der Waals surface area contributed by atoms with Gasteiger partial charge in [0.2, 0.25) is 0 Å². The topological polar surface area (TPSA) is 99.6 Å². The van der Waals surface area contributed by atoms with Crippen molar-refractivity contribution in [2.75, 3.05) is 6.54 Å². The zero-order chi connectivity index (χ0) is 16.3. The first-order valence-corrected chi connectivity index (χ1v) is 7.27. The Bertz CT molecular complexity index is 872. The molecule has 1 amide bonds. The number of carbonyl (C=O) groups excluding carboxylic acids is 1. The third-order valence-corrected chi connectivity index (χ3v) is 3.70. The van der Waals surface area contributed by atoms with Crippen LogP contribution in [0.4, 0.5) is 0 Å². The Labute approximate surface area is 132 Å². The van der Waals surface area contributed by atoms with E-state index < -0.39 is 5.66 Å². The molecule has 0 saturated carbocycles. The Hall–Kier alpha value is -3.01. The third kappa shape index (κ3) is 3.43. The van der Waals surface area contributed by atoms with Crippen molar-refractivity contribution in [3.05, 3.63) is 40.3 Å². The van der Waals surface area contributed by atoms with Crippen molar-refractivity contribution in [3.8, 4) is 12.3 Å². The molecule has 3 rings (SSSR count). The summed E-state index contributed by atoms with van der Waals surface area (Å²) < 4.78 is 0. The quantitative estimate of drug-likeness (QED) is 0.793. The van der Waals surface area contributed by atoms with Crippen LogP contribution in [-0.2, 0) is 0 Å². The van der Waals surface area contributed by atoms with Crippen molar-refractivity contribution in [3.63, 3.8) is 0 Å². The van der Waals surface area contributed by atoms with Gasteiger partial charge in [-0.15, -0.1) is 12.3 Å². The van der Waals surface area contributed by atoms with E-state index in [9.17, 15) is 9.59 Å². The highest BCUT2D eigenvalue weighted by molar-refractivity contribution is 5.97. The Morgan fingerprint density at radius 2 is 2.17 bits per heavy atom. The van der Waals surface area contributed by atoms with Crippen LogP contribution in [0.1, 0.15) is 29.6 Å². The van der Waals surface area contributed by atoms with Crippen molar-refractivity contribution >= 4 is 16.9 Å². The van der Waals surface area contributed by atoms with Gasteiger partial charge >= 0.3 is 0 Å². The minimum atomic E-state index is -0.405. The van der Waals surface area contributed by atoms with Crippen molar-refractivity contribution in [2.24, 2.45) is 10.2 Å². The van der Waals surface area contributed by atoms with Gasteiger partial charge in [-0.05, 0) is 18.2 Å². The normalized spacial score (nSPS) is 14.4. The van der Waals surface area contributed by atoms with Crippen LogP contribution in [0.5, 0.6) is 0 Å². The van der Waals surface area contributed by atoms with Crippen LogP contribution in [0.15, 0.2) is 39.4 Å². The minimum absolute atomic E-state index is 0.218. The fourth-order valence-corrected chi connectivity index (χ4v) is 2.33. The molecular formula is C16H15N5O2. The number of benzene rings is 1. The van der Waals surface area contributed by atoms with E-state index in [4.69, 9.17) is 6.42 Å². The smallest absolute Gasteiger partial charge is 0.266 e. The molecule has 0 saturated heterocycles. The van der Waals surface area contributed by atoms with Crippen molar-refractivity contribution in [1.29, 1.82) is 0 Å². The maximum absolute atomic E-state index is 12.2. The summed E-state index contributed by atoms with van der Waals surface area (Å²) in [7, 11) is 0. The van der Waals surface area contributed by atoms with Gasteiger partial charge in [-0.25, -0.2) is 4.98 Å². The second-order valence-corrected chi connectivity index (χ2v) is 5.37. The predicted molar refractivity (Wildman–Crippen MR) is 85.0 cm³/mol. The molecule has 0 atom stereocenters. The number of amides is 1. The average Bonchev–Trinajstić information content (AvgIpc) is 3.32. The Kier molecular flexibility index (Phi) is 3.89. The maximum Gasteiger partial charge on any atom is 0.266 e. The predicted octanol–water partition coefficient (Wildman–Crippen LogP) is 1.62. The summed E-state index contributed by atoms with van der Waals surface area (Å²) in [6.45, 7) is 0.456. The molecule has 0 radical (unpaired) electrons. The van der Waals surface area contributed by atoms with Gasteiger partial charge in [0.25, 0.3) is 11.5 Å². The van der Waals surface area contributed by atoms with Crippen LogP contribution in [0, 0.1) is 12.3 Å². The molecule has 0 unspecified atom stereocenters. The summed E-state index contributed by atoms with van der Waals surface area (Å²) in [5.41, 5.74) is 0.914. The molecule has 1 aromatic carbocycles. The first-order chi connectivity index (χ1) is 11.1. The molecule has 2 aromatic rings. The number of nitrogens with zero attached hydrogens (tertiary/aromatic N) is 3. The molecule has 7 nitrogen and oxygen atoms in total. The van der Waals surface area contributed by atoms with Crippen LogP contribution in [-0.4, -0.2) is 28.1 Å². The molecule has 2 heterocycles. The Balaban J connectivity index is 1.60. The van der Waals surface area contributed by atoms with E-state index in [-0.39, 0.29) is 11.5 Å². The molecule has 0 spiro atoms. The fraction of sp³-hybridized carbons (Fsp3) is 0.312. The lowest BCUT2D eigenvalue weighted by molar-refractivity contribution is 0.0952. The van der Waals surface area contributed by atoms with Crippen LogP contribution in [0.3, 0.4) is 0 Å². The molecule has 0 bridgehead atoms. The third-order valence-electron chi connectivity index (χ3n) is 3.70. The number of aromatic nitrogens is 2. The lowest BCUT2D eigenvalue weighted by Crippen LogP contribution is -2.28. The molecule has 1 aliphatic heterocycles. The van der Waals surface area contributed by atoms with Gasteiger partial charge in [-0.2, -0.15) is 10.2 Å². The molecule has 1 aromatic heterocycles. The largest absolute Gasteiger partial charge is 0.352 e. The maximum atomic E-state index is 12.2. The molecule has 0 fully saturated rings. The summed E-state index contributed by atoms with van der Waals surface area (Å²) in [6, 6.07) is 4.97. The van der Waals surface area contributed by atoms with Crippen LogP contribution >= 0.6 is 0 Å². The van der Waals surface area contributed by atoms with Gasteiger partial charge in [-0.1, -0.05) is 0 Å². The van der Waals surface area contributed by atoms with Crippen molar-refractivity contribution in [2.45, 2.75) is 24.9 Å². The van der Waals surface area contributed by atoms with Gasteiger partial charge < -0.3 is 10.3 Å². The molecule has 116 valence electrons. The molecule has 23 heavy (non-hydrogen) atoms. The highest BCUT2D eigenvalue weighted by atomic mass is 16.1. The first-order valence-electron chi connectivity index (χ1n) is 7.27. The Morgan fingerprint density at radius 1 is 1.35 bits per heavy atom. The summed E-state index contributed by atoms with van der Waals surface area (Å²) in [5.74, 6) is 2.35. The number of carbonyl (C=O) groups is 1. The monoisotopic (exact) mass is 309 g/mol. The number of nitrogens with one attached hydrogen (secondary N) is 2. The van der Waals surface area contributed by atoms with Gasteiger partial charge in [0.05, 0.1) is 17.2 Å².